The molecular weight excluding hydrogens is 1050 g/mol. The number of aliphatic hydroxyl groups is 2. The van der Waals surface area contributed by atoms with Crippen molar-refractivity contribution in [1.29, 1.82) is 0 Å². The second-order valence-electron chi connectivity index (χ2n) is 27.8. The summed E-state index contributed by atoms with van der Waals surface area (Å²) in [4.78, 5) is 24.6. The van der Waals surface area contributed by atoms with Gasteiger partial charge < -0.3 is 20.3 Å². The molecule has 0 spiro atoms. The van der Waals surface area contributed by atoms with Crippen LogP contribution in [0.4, 0.5) is 0 Å². The molecule has 3 N–H and O–H groups in total. The molecule has 0 aliphatic rings. The number of amides is 1. The normalized spacial score (nSPS) is 12.5. The third kappa shape index (κ3) is 71.7. The molecule has 0 heterocycles. The quantitative estimate of drug-likeness (QED) is 0.0320. The van der Waals surface area contributed by atoms with E-state index in [0.717, 1.165) is 38.5 Å². The topological polar surface area (TPSA) is 95.9 Å². The zero-order chi connectivity index (χ0) is 62.0. The fraction of sp³-hybridized carbons (Fsp3) is 0.950. The summed E-state index contributed by atoms with van der Waals surface area (Å²) >= 11 is 0. The number of hydrogen-bond acceptors (Lipinski definition) is 5. The molecule has 0 rings (SSSR count). The Labute approximate surface area is 539 Å². The van der Waals surface area contributed by atoms with Gasteiger partial charge in [-0.05, 0) is 32.1 Å². The Morgan fingerprint density at radius 2 is 0.535 bits per heavy atom. The molecule has 2 unspecified atom stereocenters. The summed E-state index contributed by atoms with van der Waals surface area (Å²) in [5.41, 5.74) is 0. The molecule has 0 saturated heterocycles. The number of rotatable bonds is 76. The number of esters is 1. The van der Waals surface area contributed by atoms with E-state index in [4.69, 9.17) is 4.74 Å². The molecular formula is C80H157NO5. The van der Waals surface area contributed by atoms with Crippen molar-refractivity contribution < 1.29 is 24.5 Å². The van der Waals surface area contributed by atoms with E-state index in [1.54, 1.807) is 6.08 Å². The van der Waals surface area contributed by atoms with Crippen molar-refractivity contribution in [3.8, 4) is 0 Å². The van der Waals surface area contributed by atoms with Gasteiger partial charge in [0, 0.05) is 12.8 Å². The van der Waals surface area contributed by atoms with E-state index in [0.29, 0.717) is 19.4 Å². The number of aliphatic hydroxyl groups excluding tert-OH is 2. The van der Waals surface area contributed by atoms with Gasteiger partial charge in [0.05, 0.1) is 25.4 Å². The van der Waals surface area contributed by atoms with Crippen LogP contribution in [0.1, 0.15) is 463 Å². The summed E-state index contributed by atoms with van der Waals surface area (Å²) in [5.74, 6) is -0.0342. The highest BCUT2D eigenvalue weighted by Crippen LogP contribution is 2.20. The third-order valence-corrected chi connectivity index (χ3v) is 19.1. The number of carbonyl (C=O) groups is 2. The van der Waals surface area contributed by atoms with E-state index < -0.39 is 12.1 Å². The second kappa shape index (κ2) is 76.1. The van der Waals surface area contributed by atoms with Crippen LogP contribution in [-0.2, 0) is 14.3 Å². The van der Waals surface area contributed by atoms with Gasteiger partial charge in [0.1, 0.15) is 0 Å². The number of carbonyl (C=O) groups excluding carboxylic acids is 2. The first kappa shape index (κ1) is 84.6. The Kier molecular flexibility index (Phi) is 74.8. The van der Waals surface area contributed by atoms with E-state index in [9.17, 15) is 19.8 Å². The molecule has 0 saturated carbocycles. The first-order chi connectivity index (χ1) is 42.5. The number of unbranched alkanes of at least 4 members (excludes halogenated alkanes) is 65. The zero-order valence-corrected chi connectivity index (χ0v) is 58.8. The molecule has 0 bridgehead atoms. The molecule has 6 heteroatoms. The zero-order valence-electron chi connectivity index (χ0n) is 58.8. The summed E-state index contributed by atoms with van der Waals surface area (Å²) in [5, 5.41) is 23.3. The molecule has 0 aromatic rings. The van der Waals surface area contributed by atoms with E-state index in [2.05, 4.69) is 19.2 Å². The van der Waals surface area contributed by atoms with E-state index in [-0.39, 0.29) is 18.5 Å². The summed E-state index contributed by atoms with van der Waals surface area (Å²) in [7, 11) is 0. The molecule has 0 aliphatic heterocycles. The predicted octanol–water partition coefficient (Wildman–Crippen LogP) is 26.3. The minimum atomic E-state index is -0.843. The first-order valence-corrected chi connectivity index (χ1v) is 40.0. The van der Waals surface area contributed by atoms with Crippen molar-refractivity contribution in [3.05, 3.63) is 12.2 Å². The van der Waals surface area contributed by atoms with Crippen LogP contribution in [0.3, 0.4) is 0 Å². The van der Waals surface area contributed by atoms with Crippen molar-refractivity contribution in [1.82, 2.24) is 5.32 Å². The standard InChI is InChI=1S/C80H157NO5/c1-3-5-7-9-11-13-15-17-19-20-21-22-23-32-35-38-41-45-48-52-56-60-64-68-72-78(83)77(76-82)81-79(84)73-69-65-61-57-53-49-46-42-39-36-33-30-28-26-24-25-27-29-31-34-37-40-43-47-51-55-59-63-67-71-75-86-80(85)74-70-66-62-58-54-50-44-18-16-14-12-10-8-6-4-2/h68,72,77-78,82-83H,3-67,69-71,73-76H2,1-2H3,(H,81,84)/b72-68+. The van der Waals surface area contributed by atoms with Crippen LogP contribution in [0.25, 0.3) is 0 Å². The highest BCUT2D eigenvalue weighted by molar-refractivity contribution is 5.76. The van der Waals surface area contributed by atoms with Gasteiger partial charge in [-0.3, -0.25) is 9.59 Å². The van der Waals surface area contributed by atoms with Gasteiger partial charge in [-0.2, -0.15) is 0 Å². The highest BCUT2D eigenvalue weighted by Gasteiger charge is 2.18. The molecule has 0 radical (unpaired) electrons. The second-order valence-corrected chi connectivity index (χ2v) is 27.8. The Morgan fingerprint density at radius 1 is 0.314 bits per heavy atom. The maximum atomic E-state index is 12.6. The Hall–Kier alpha value is -1.40. The first-order valence-electron chi connectivity index (χ1n) is 40.0. The van der Waals surface area contributed by atoms with E-state index in [1.807, 2.05) is 6.08 Å². The summed E-state index contributed by atoms with van der Waals surface area (Å²) in [6.07, 6.45) is 96.2. The third-order valence-electron chi connectivity index (χ3n) is 19.1. The molecule has 86 heavy (non-hydrogen) atoms. The predicted molar refractivity (Wildman–Crippen MR) is 380 cm³/mol. The maximum absolute atomic E-state index is 12.6. The fourth-order valence-electron chi connectivity index (χ4n) is 13.0. The summed E-state index contributed by atoms with van der Waals surface area (Å²) < 4.78 is 5.51. The van der Waals surface area contributed by atoms with Crippen LogP contribution >= 0.6 is 0 Å². The van der Waals surface area contributed by atoms with Gasteiger partial charge in [0.2, 0.25) is 5.91 Å². The van der Waals surface area contributed by atoms with Crippen molar-refractivity contribution in [2.24, 2.45) is 0 Å². The smallest absolute Gasteiger partial charge is 0.305 e. The minimum Gasteiger partial charge on any atom is -0.466 e. The van der Waals surface area contributed by atoms with Crippen LogP contribution in [0.5, 0.6) is 0 Å². The van der Waals surface area contributed by atoms with Gasteiger partial charge in [0.25, 0.3) is 0 Å². The Bertz CT molecular complexity index is 1300. The molecule has 2 atom stereocenters. The van der Waals surface area contributed by atoms with E-state index >= 15 is 0 Å². The van der Waals surface area contributed by atoms with Crippen molar-refractivity contribution >= 4 is 11.9 Å². The highest BCUT2D eigenvalue weighted by atomic mass is 16.5. The van der Waals surface area contributed by atoms with Crippen LogP contribution in [-0.4, -0.2) is 47.4 Å². The monoisotopic (exact) mass is 1210 g/mol. The lowest BCUT2D eigenvalue weighted by Gasteiger charge is -2.20. The number of nitrogens with one attached hydrogen (secondary N) is 1. The van der Waals surface area contributed by atoms with Crippen LogP contribution in [0, 0.1) is 0 Å². The number of hydrogen-bond donors (Lipinski definition) is 3. The fourth-order valence-corrected chi connectivity index (χ4v) is 13.0. The summed E-state index contributed by atoms with van der Waals surface area (Å²) in [6, 6.07) is -0.626. The van der Waals surface area contributed by atoms with Gasteiger partial charge in [-0.25, -0.2) is 0 Å². The van der Waals surface area contributed by atoms with Gasteiger partial charge in [-0.1, -0.05) is 431 Å². The molecule has 6 nitrogen and oxygen atoms in total. The van der Waals surface area contributed by atoms with Gasteiger partial charge in [0.15, 0.2) is 0 Å². The molecule has 0 aliphatic carbocycles. The van der Waals surface area contributed by atoms with Crippen LogP contribution in [0.2, 0.25) is 0 Å². The number of allylic oxidation sites excluding steroid dienone is 1. The molecule has 0 aromatic heterocycles. The SMILES string of the molecule is CCCCCCCCCCCCCCCCCCCCCCCC/C=C/C(O)C(CO)NC(=O)CCCCCCCCCCCCCCCCCCCCCCCCCCCCCCCCOC(=O)CCCCCCCCCCCCCCCCC. The molecule has 0 aromatic carbocycles. The Morgan fingerprint density at radius 3 is 0.791 bits per heavy atom. The lowest BCUT2D eigenvalue weighted by atomic mass is 10.0. The largest absolute Gasteiger partial charge is 0.466 e. The molecule has 1 amide bonds. The van der Waals surface area contributed by atoms with Crippen molar-refractivity contribution in [2.75, 3.05) is 13.2 Å². The maximum Gasteiger partial charge on any atom is 0.305 e. The van der Waals surface area contributed by atoms with E-state index in [1.165, 1.54) is 398 Å². The molecule has 512 valence electrons. The molecule has 0 fully saturated rings. The van der Waals surface area contributed by atoms with Crippen LogP contribution < -0.4 is 5.32 Å². The minimum absolute atomic E-state index is 0.0240. The lowest BCUT2D eigenvalue weighted by Crippen LogP contribution is -2.45. The van der Waals surface area contributed by atoms with Gasteiger partial charge in [-0.15, -0.1) is 0 Å². The average Bonchev–Trinajstić information content (AvgIpc) is 3.52. The van der Waals surface area contributed by atoms with Gasteiger partial charge >= 0.3 is 5.97 Å². The number of ether oxygens (including phenoxy) is 1. The lowest BCUT2D eigenvalue weighted by molar-refractivity contribution is -0.143. The summed E-state index contributed by atoms with van der Waals surface area (Å²) in [6.45, 7) is 4.97. The average molecular weight is 1210 g/mol. The van der Waals surface area contributed by atoms with Crippen molar-refractivity contribution in [2.45, 2.75) is 475 Å². The van der Waals surface area contributed by atoms with Crippen molar-refractivity contribution in [3.63, 3.8) is 0 Å². The Balaban J connectivity index is 3.35. The van der Waals surface area contributed by atoms with Crippen LogP contribution in [0.15, 0.2) is 12.2 Å².